The fourth-order valence-corrected chi connectivity index (χ4v) is 3.76. The quantitative estimate of drug-likeness (QED) is 0.377. The molecule has 0 aliphatic heterocycles. The van der Waals surface area contributed by atoms with E-state index in [-0.39, 0.29) is 24.4 Å². The Morgan fingerprint density at radius 2 is 1.64 bits per heavy atom. The van der Waals surface area contributed by atoms with Gasteiger partial charge in [0.1, 0.15) is 23.1 Å². The van der Waals surface area contributed by atoms with E-state index in [0.717, 1.165) is 11.3 Å². The summed E-state index contributed by atoms with van der Waals surface area (Å²) in [5.74, 6) is -0.262. The molecule has 0 unspecified atom stereocenters. The molecule has 33 heavy (non-hydrogen) atoms. The number of benzene rings is 3. The van der Waals surface area contributed by atoms with Gasteiger partial charge < -0.3 is 14.8 Å². The number of aliphatic hydroxyl groups excluding tert-OH is 1. The second-order valence-corrected chi connectivity index (χ2v) is 8.80. The Hall–Kier alpha value is -3.06. The highest BCUT2D eigenvalue weighted by Gasteiger charge is 2.23. The van der Waals surface area contributed by atoms with E-state index in [2.05, 4.69) is 4.98 Å². The molecule has 0 fully saturated rings. The van der Waals surface area contributed by atoms with Gasteiger partial charge in [0.2, 0.25) is 0 Å². The molecule has 3 aromatic carbocycles. The van der Waals surface area contributed by atoms with E-state index in [1.54, 1.807) is 32.2 Å². The van der Waals surface area contributed by atoms with Crippen LogP contribution < -0.4 is 0 Å². The van der Waals surface area contributed by atoms with Crippen LogP contribution in [0.2, 0.25) is 5.02 Å². The summed E-state index contributed by atoms with van der Waals surface area (Å²) < 4.78 is 29.7. The predicted octanol–water partition coefficient (Wildman–Crippen LogP) is 5.78. The van der Waals surface area contributed by atoms with Crippen LogP contribution in [0.25, 0.3) is 16.8 Å². The largest absolute Gasteiger partial charge is 0.392 e. The number of halogens is 3. The van der Waals surface area contributed by atoms with E-state index in [9.17, 15) is 13.9 Å². The summed E-state index contributed by atoms with van der Waals surface area (Å²) in [4.78, 5) is 4.59. The van der Waals surface area contributed by atoms with Gasteiger partial charge in [-0.3, -0.25) is 0 Å². The Labute approximate surface area is 195 Å². The van der Waals surface area contributed by atoms with Gasteiger partial charge in [0.15, 0.2) is 0 Å². The standard InChI is InChI=1S/C26H23ClF2N2O2/c1-26(2,33)24-14-31(25(30-24)13-19-11-20(28)7-10-22(19)27)21-8-5-16(6-9-21)17-3-4-18(15-32)23(29)12-17/h3-12,14,32-33H,13,15H2,1-2H3. The molecular formula is C26H23ClF2N2O2. The van der Waals surface area contributed by atoms with Gasteiger partial charge in [-0.1, -0.05) is 35.9 Å². The Morgan fingerprint density at radius 1 is 0.939 bits per heavy atom. The molecule has 0 saturated heterocycles. The molecule has 0 radical (unpaired) electrons. The van der Waals surface area contributed by atoms with Gasteiger partial charge in [0, 0.05) is 28.9 Å². The highest BCUT2D eigenvalue weighted by molar-refractivity contribution is 6.31. The molecule has 0 spiro atoms. The summed E-state index contributed by atoms with van der Waals surface area (Å²) in [5.41, 5.74) is 2.39. The number of imidazole rings is 1. The van der Waals surface area contributed by atoms with Crippen molar-refractivity contribution in [1.29, 1.82) is 0 Å². The van der Waals surface area contributed by atoms with Crippen LogP contribution in [0.5, 0.6) is 0 Å². The van der Waals surface area contributed by atoms with Crippen molar-refractivity contribution >= 4 is 11.6 Å². The molecule has 0 bridgehead atoms. The van der Waals surface area contributed by atoms with E-state index < -0.39 is 11.4 Å². The van der Waals surface area contributed by atoms with Gasteiger partial charge in [-0.2, -0.15) is 0 Å². The lowest BCUT2D eigenvalue weighted by Crippen LogP contribution is -2.15. The molecule has 0 atom stereocenters. The van der Waals surface area contributed by atoms with Gasteiger partial charge >= 0.3 is 0 Å². The molecule has 4 aromatic rings. The molecule has 1 aromatic heterocycles. The van der Waals surface area contributed by atoms with Crippen molar-refractivity contribution in [3.05, 3.63) is 106 Å². The average molecular weight is 469 g/mol. The van der Waals surface area contributed by atoms with Crippen LogP contribution in [0.15, 0.2) is 66.9 Å². The zero-order chi connectivity index (χ0) is 23.8. The summed E-state index contributed by atoms with van der Waals surface area (Å²) in [5, 5.41) is 20.1. The van der Waals surface area contributed by atoms with Crippen LogP contribution in [0.1, 0.15) is 36.5 Å². The number of aliphatic hydroxyl groups is 2. The van der Waals surface area contributed by atoms with Crippen molar-refractivity contribution in [3.63, 3.8) is 0 Å². The maximum Gasteiger partial charge on any atom is 0.129 e. The first-order valence-corrected chi connectivity index (χ1v) is 10.8. The third-order valence-corrected chi connectivity index (χ3v) is 5.83. The van der Waals surface area contributed by atoms with Crippen LogP contribution >= 0.6 is 11.6 Å². The molecule has 0 amide bonds. The number of rotatable bonds is 6. The van der Waals surface area contributed by atoms with Crippen LogP contribution in [-0.2, 0) is 18.6 Å². The normalized spacial score (nSPS) is 11.7. The minimum absolute atomic E-state index is 0.244. The maximum absolute atomic E-state index is 14.1. The molecule has 1 heterocycles. The Kier molecular flexibility index (Phi) is 6.34. The fourth-order valence-electron chi connectivity index (χ4n) is 3.58. The first-order chi connectivity index (χ1) is 15.7. The molecule has 7 heteroatoms. The monoisotopic (exact) mass is 468 g/mol. The van der Waals surface area contributed by atoms with Crippen molar-refractivity contribution < 1.29 is 19.0 Å². The number of nitrogens with zero attached hydrogens (tertiary/aromatic N) is 2. The van der Waals surface area contributed by atoms with Crippen molar-refractivity contribution in [2.24, 2.45) is 0 Å². The summed E-state index contributed by atoms with van der Waals surface area (Å²) in [6, 6.07) is 16.3. The minimum Gasteiger partial charge on any atom is -0.392 e. The predicted molar refractivity (Wildman–Crippen MR) is 124 cm³/mol. The summed E-state index contributed by atoms with van der Waals surface area (Å²) in [7, 11) is 0. The molecule has 0 aliphatic rings. The number of hydrogen-bond acceptors (Lipinski definition) is 3. The van der Waals surface area contributed by atoms with Gasteiger partial charge in [-0.25, -0.2) is 13.8 Å². The smallest absolute Gasteiger partial charge is 0.129 e. The van der Waals surface area contributed by atoms with Gasteiger partial charge in [0.05, 0.1) is 12.3 Å². The SMILES string of the molecule is CC(C)(O)c1cn(-c2ccc(-c3ccc(CO)c(F)c3)cc2)c(Cc2cc(F)ccc2Cl)n1. The van der Waals surface area contributed by atoms with Crippen LogP contribution in [0.3, 0.4) is 0 Å². The van der Waals surface area contributed by atoms with Gasteiger partial charge in [-0.05, 0) is 66.9 Å². The molecule has 0 saturated carbocycles. The highest BCUT2D eigenvalue weighted by atomic mass is 35.5. The topological polar surface area (TPSA) is 58.3 Å². The summed E-state index contributed by atoms with van der Waals surface area (Å²) >= 11 is 6.26. The van der Waals surface area contributed by atoms with E-state index in [1.165, 1.54) is 24.3 Å². The van der Waals surface area contributed by atoms with E-state index in [0.29, 0.717) is 27.7 Å². The maximum atomic E-state index is 14.1. The minimum atomic E-state index is -1.17. The third-order valence-electron chi connectivity index (χ3n) is 5.46. The third kappa shape index (κ3) is 4.98. The van der Waals surface area contributed by atoms with Crippen LogP contribution in [0.4, 0.5) is 8.78 Å². The first kappa shape index (κ1) is 23.1. The lowest BCUT2D eigenvalue weighted by molar-refractivity contribution is 0.0741. The second kappa shape index (κ2) is 9.06. The van der Waals surface area contributed by atoms with Crippen LogP contribution in [-0.4, -0.2) is 19.8 Å². The van der Waals surface area contributed by atoms with E-state index >= 15 is 0 Å². The fraction of sp³-hybridized carbons (Fsp3) is 0.192. The van der Waals surface area contributed by atoms with Crippen molar-refractivity contribution in [2.45, 2.75) is 32.5 Å². The number of aromatic nitrogens is 2. The second-order valence-electron chi connectivity index (χ2n) is 8.40. The summed E-state index contributed by atoms with van der Waals surface area (Å²) in [6.45, 7) is 2.94. The molecule has 4 nitrogen and oxygen atoms in total. The lowest BCUT2D eigenvalue weighted by atomic mass is 10.0. The van der Waals surface area contributed by atoms with Crippen LogP contribution in [0, 0.1) is 11.6 Å². The van der Waals surface area contributed by atoms with E-state index in [1.807, 2.05) is 28.8 Å². The zero-order valence-corrected chi connectivity index (χ0v) is 18.9. The highest BCUT2D eigenvalue weighted by Crippen LogP contribution is 2.28. The average Bonchev–Trinajstić information content (AvgIpc) is 3.21. The molecule has 0 aliphatic carbocycles. The van der Waals surface area contributed by atoms with Gasteiger partial charge in [-0.15, -0.1) is 0 Å². The Bertz CT molecular complexity index is 1290. The lowest BCUT2D eigenvalue weighted by Gasteiger charge is -2.13. The Morgan fingerprint density at radius 3 is 2.27 bits per heavy atom. The van der Waals surface area contributed by atoms with Gasteiger partial charge in [0.25, 0.3) is 0 Å². The zero-order valence-electron chi connectivity index (χ0n) is 18.2. The Balaban J connectivity index is 1.72. The molecule has 4 rings (SSSR count). The molecule has 2 N–H and O–H groups in total. The van der Waals surface area contributed by atoms with Crippen molar-refractivity contribution in [1.82, 2.24) is 9.55 Å². The molecular weight excluding hydrogens is 446 g/mol. The molecule has 170 valence electrons. The summed E-state index contributed by atoms with van der Waals surface area (Å²) in [6.07, 6.45) is 2.01. The first-order valence-electron chi connectivity index (χ1n) is 10.4. The van der Waals surface area contributed by atoms with Crippen molar-refractivity contribution in [2.75, 3.05) is 0 Å². The van der Waals surface area contributed by atoms with Crippen molar-refractivity contribution in [3.8, 4) is 16.8 Å². The number of hydrogen-bond donors (Lipinski definition) is 2. The van der Waals surface area contributed by atoms with E-state index in [4.69, 9.17) is 16.7 Å².